The van der Waals surface area contributed by atoms with E-state index in [1.807, 2.05) is 6.07 Å². The Morgan fingerprint density at radius 2 is 1.89 bits per heavy atom. The van der Waals surface area contributed by atoms with Crippen molar-refractivity contribution in [1.82, 2.24) is 0 Å². The maximum absolute atomic E-state index is 11.9. The number of aromatic hydroxyl groups is 1. The lowest BCUT2D eigenvalue weighted by Crippen LogP contribution is -1.95. The maximum Gasteiger partial charge on any atom is 0.185 e. The summed E-state index contributed by atoms with van der Waals surface area (Å²) in [6, 6.07) is 13.5. The minimum absolute atomic E-state index is 0.120. The van der Waals surface area contributed by atoms with E-state index < -0.39 is 0 Å². The zero-order valence-electron chi connectivity index (χ0n) is 9.71. The van der Waals surface area contributed by atoms with Gasteiger partial charge in [0.25, 0.3) is 0 Å². The summed E-state index contributed by atoms with van der Waals surface area (Å²) in [5.41, 5.74) is 7.49. The molecule has 0 spiro atoms. The molecule has 3 nitrogen and oxygen atoms in total. The predicted octanol–water partition coefficient (Wildman–Crippen LogP) is 2.87. The van der Waals surface area contributed by atoms with Crippen molar-refractivity contribution < 1.29 is 9.90 Å². The standard InChI is InChI=1S/C15H13NO2/c16-13-5-2-4-12(10-13)15(18)8-7-11-3-1-6-14(17)9-11/h1-10,17H,16H2/b8-7+. The summed E-state index contributed by atoms with van der Waals surface area (Å²) < 4.78 is 0. The second kappa shape index (κ2) is 5.19. The summed E-state index contributed by atoms with van der Waals surface area (Å²) in [7, 11) is 0. The molecule has 90 valence electrons. The quantitative estimate of drug-likeness (QED) is 0.492. The molecule has 2 rings (SSSR count). The van der Waals surface area contributed by atoms with Crippen LogP contribution in [0.15, 0.2) is 54.6 Å². The number of allylic oxidation sites excluding steroid dienone is 1. The SMILES string of the molecule is Nc1cccc(C(=O)/C=C/c2cccc(O)c2)c1. The van der Waals surface area contributed by atoms with Gasteiger partial charge in [0, 0.05) is 11.3 Å². The van der Waals surface area contributed by atoms with E-state index in [2.05, 4.69) is 0 Å². The molecule has 3 N–H and O–H groups in total. The molecule has 0 fully saturated rings. The van der Waals surface area contributed by atoms with E-state index >= 15 is 0 Å². The molecule has 2 aromatic rings. The van der Waals surface area contributed by atoms with Crippen molar-refractivity contribution in [2.75, 3.05) is 5.73 Å². The third-order valence-corrected chi connectivity index (χ3v) is 2.47. The first-order valence-corrected chi connectivity index (χ1v) is 5.52. The van der Waals surface area contributed by atoms with Crippen LogP contribution in [0.5, 0.6) is 5.75 Å². The van der Waals surface area contributed by atoms with Gasteiger partial charge in [0.15, 0.2) is 5.78 Å². The first-order valence-electron chi connectivity index (χ1n) is 5.52. The van der Waals surface area contributed by atoms with E-state index in [-0.39, 0.29) is 11.5 Å². The number of nitrogen functional groups attached to an aromatic ring is 1. The average Bonchev–Trinajstić information content (AvgIpc) is 2.36. The summed E-state index contributed by atoms with van der Waals surface area (Å²) in [5, 5.41) is 9.30. The van der Waals surface area contributed by atoms with Crippen LogP contribution in [0.1, 0.15) is 15.9 Å². The van der Waals surface area contributed by atoms with Gasteiger partial charge in [-0.25, -0.2) is 0 Å². The predicted molar refractivity (Wildman–Crippen MR) is 72.3 cm³/mol. The van der Waals surface area contributed by atoms with Crippen molar-refractivity contribution in [3.8, 4) is 5.75 Å². The third kappa shape index (κ3) is 2.98. The number of hydrogen-bond donors (Lipinski definition) is 2. The average molecular weight is 239 g/mol. The molecule has 2 aromatic carbocycles. The van der Waals surface area contributed by atoms with Gasteiger partial charge in [-0.15, -0.1) is 0 Å². The monoisotopic (exact) mass is 239 g/mol. The van der Waals surface area contributed by atoms with Crippen molar-refractivity contribution in [3.63, 3.8) is 0 Å². The van der Waals surface area contributed by atoms with Gasteiger partial charge in [-0.1, -0.05) is 30.3 Å². The van der Waals surface area contributed by atoms with Crippen LogP contribution in [0.2, 0.25) is 0 Å². The van der Waals surface area contributed by atoms with E-state index in [1.165, 1.54) is 6.08 Å². The van der Waals surface area contributed by atoms with Gasteiger partial charge in [-0.05, 0) is 35.9 Å². The van der Waals surface area contributed by atoms with Crippen molar-refractivity contribution in [2.24, 2.45) is 0 Å². The van der Waals surface area contributed by atoms with Gasteiger partial charge in [-0.3, -0.25) is 4.79 Å². The molecule has 0 amide bonds. The number of carbonyl (C=O) groups excluding carboxylic acids is 1. The second-order valence-electron chi connectivity index (χ2n) is 3.92. The molecular formula is C15H13NO2. The summed E-state index contributed by atoms with van der Waals surface area (Å²) >= 11 is 0. The molecule has 0 saturated heterocycles. The number of phenolic OH excluding ortho intramolecular Hbond substituents is 1. The lowest BCUT2D eigenvalue weighted by molar-refractivity contribution is 0.104. The fourth-order valence-corrected chi connectivity index (χ4v) is 1.59. The third-order valence-electron chi connectivity index (χ3n) is 2.47. The molecule has 0 atom stereocenters. The molecule has 0 saturated carbocycles. The molecule has 0 radical (unpaired) electrons. The van der Waals surface area contributed by atoms with E-state index in [9.17, 15) is 9.90 Å². The van der Waals surface area contributed by atoms with Gasteiger partial charge in [-0.2, -0.15) is 0 Å². The number of benzene rings is 2. The summed E-state index contributed by atoms with van der Waals surface area (Å²) in [6.45, 7) is 0. The normalized spacial score (nSPS) is 10.7. The van der Waals surface area contributed by atoms with Gasteiger partial charge in [0.05, 0.1) is 0 Å². The number of hydrogen-bond acceptors (Lipinski definition) is 3. The van der Waals surface area contributed by atoms with Crippen LogP contribution in [0.4, 0.5) is 5.69 Å². The van der Waals surface area contributed by atoms with Gasteiger partial charge in [0.1, 0.15) is 5.75 Å². The van der Waals surface area contributed by atoms with E-state index in [1.54, 1.807) is 48.5 Å². The molecule has 0 aromatic heterocycles. The topological polar surface area (TPSA) is 63.3 Å². The number of phenols is 1. The molecule has 0 heterocycles. The largest absolute Gasteiger partial charge is 0.508 e. The summed E-state index contributed by atoms with van der Waals surface area (Å²) in [4.78, 5) is 11.9. The number of ketones is 1. The Bertz CT molecular complexity index is 603. The van der Waals surface area contributed by atoms with Crippen LogP contribution < -0.4 is 5.73 Å². The van der Waals surface area contributed by atoms with Crippen LogP contribution >= 0.6 is 0 Å². The summed E-state index contributed by atoms with van der Waals surface area (Å²) in [5.74, 6) is 0.0548. The van der Waals surface area contributed by atoms with Gasteiger partial charge >= 0.3 is 0 Å². The Labute approximate surface area is 105 Å². The van der Waals surface area contributed by atoms with Crippen molar-refractivity contribution in [3.05, 3.63) is 65.7 Å². The van der Waals surface area contributed by atoms with E-state index in [0.717, 1.165) is 5.56 Å². The van der Waals surface area contributed by atoms with Crippen LogP contribution in [-0.4, -0.2) is 10.9 Å². The first kappa shape index (κ1) is 11.9. The van der Waals surface area contributed by atoms with E-state index in [0.29, 0.717) is 11.3 Å². The Morgan fingerprint density at radius 1 is 1.11 bits per heavy atom. The lowest BCUT2D eigenvalue weighted by Gasteiger charge is -1.98. The van der Waals surface area contributed by atoms with Crippen molar-refractivity contribution in [2.45, 2.75) is 0 Å². The van der Waals surface area contributed by atoms with Crippen molar-refractivity contribution in [1.29, 1.82) is 0 Å². The first-order chi connectivity index (χ1) is 8.65. The zero-order valence-corrected chi connectivity index (χ0v) is 9.71. The van der Waals surface area contributed by atoms with Gasteiger partial charge < -0.3 is 10.8 Å². The Balaban J connectivity index is 2.17. The lowest BCUT2D eigenvalue weighted by atomic mass is 10.1. The molecule has 0 aliphatic heterocycles. The van der Waals surface area contributed by atoms with Crippen LogP contribution in [0.25, 0.3) is 6.08 Å². The molecule has 0 aliphatic rings. The zero-order chi connectivity index (χ0) is 13.0. The highest BCUT2D eigenvalue weighted by atomic mass is 16.3. The van der Waals surface area contributed by atoms with Gasteiger partial charge in [0.2, 0.25) is 0 Å². The smallest absolute Gasteiger partial charge is 0.185 e. The minimum Gasteiger partial charge on any atom is -0.508 e. The molecule has 0 bridgehead atoms. The molecular weight excluding hydrogens is 226 g/mol. The van der Waals surface area contributed by atoms with Crippen LogP contribution in [0.3, 0.4) is 0 Å². The summed E-state index contributed by atoms with van der Waals surface area (Å²) in [6.07, 6.45) is 3.12. The molecule has 3 heteroatoms. The highest BCUT2D eigenvalue weighted by Crippen LogP contribution is 2.13. The fraction of sp³-hybridized carbons (Fsp3) is 0. The highest BCUT2D eigenvalue weighted by molar-refractivity contribution is 6.07. The van der Waals surface area contributed by atoms with Crippen molar-refractivity contribution >= 4 is 17.5 Å². The van der Waals surface area contributed by atoms with Crippen LogP contribution in [0, 0.1) is 0 Å². The Kier molecular flexibility index (Phi) is 3.44. The molecule has 0 aliphatic carbocycles. The molecule has 0 unspecified atom stereocenters. The van der Waals surface area contributed by atoms with E-state index in [4.69, 9.17) is 5.73 Å². The Hall–Kier alpha value is -2.55. The number of rotatable bonds is 3. The maximum atomic E-state index is 11.9. The number of carbonyl (C=O) groups is 1. The van der Waals surface area contributed by atoms with Crippen LogP contribution in [-0.2, 0) is 0 Å². The minimum atomic E-state index is -0.120. The Morgan fingerprint density at radius 3 is 2.61 bits per heavy atom. The molecule has 18 heavy (non-hydrogen) atoms. The number of nitrogens with two attached hydrogens (primary N) is 1. The second-order valence-corrected chi connectivity index (χ2v) is 3.92. The number of anilines is 1. The highest BCUT2D eigenvalue weighted by Gasteiger charge is 2.01. The fourth-order valence-electron chi connectivity index (χ4n) is 1.59.